The number of rotatable bonds is 3. The van der Waals surface area contributed by atoms with Gasteiger partial charge in [-0.25, -0.2) is 0 Å². The largest absolute Gasteiger partial charge is 0.328 e. The van der Waals surface area contributed by atoms with E-state index < -0.39 is 0 Å². The van der Waals surface area contributed by atoms with Crippen molar-refractivity contribution in [2.45, 2.75) is 25.8 Å². The van der Waals surface area contributed by atoms with Gasteiger partial charge in [0.1, 0.15) is 0 Å². The van der Waals surface area contributed by atoms with E-state index in [1.807, 2.05) is 6.92 Å². The molecule has 0 aromatic rings. The normalized spacial score (nSPS) is 14.1. The Morgan fingerprint density at radius 3 is 2.43 bits per heavy atom. The van der Waals surface area contributed by atoms with Crippen molar-refractivity contribution in [1.29, 1.82) is 0 Å². The van der Waals surface area contributed by atoms with Crippen LogP contribution in [-0.2, 0) is 0 Å². The van der Waals surface area contributed by atoms with Crippen molar-refractivity contribution in [2.75, 3.05) is 6.67 Å². The van der Waals surface area contributed by atoms with Crippen molar-refractivity contribution >= 4 is 0 Å². The van der Waals surface area contributed by atoms with Crippen LogP contribution in [0.3, 0.4) is 0 Å². The molecule has 0 spiro atoms. The minimum Gasteiger partial charge on any atom is -0.328 e. The van der Waals surface area contributed by atoms with Crippen LogP contribution >= 0.6 is 0 Å². The van der Waals surface area contributed by atoms with Gasteiger partial charge in [0.25, 0.3) is 0 Å². The topological polar surface area (TPSA) is 26.0 Å². The first-order valence-electron chi connectivity index (χ1n) is 2.59. The molecule has 0 fully saturated rings. The standard InChI is InChI=1S/C5H12FN/c1-5(7)3-2-4-6/h5H,2-4,7H2,1H3. The van der Waals surface area contributed by atoms with Crippen molar-refractivity contribution < 1.29 is 4.39 Å². The van der Waals surface area contributed by atoms with E-state index in [-0.39, 0.29) is 12.7 Å². The number of hydrogen-bond acceptors (Lipinski definition) is 1. The molecule has 0 rings (SSSR count). The van der Waals surface area contributed by atoms with Crippen LogP contribution in [-0.4, -0.2) is 12.7 Å². The Kier molecular flexibility index (Phi) is 4.00. The molecule has 0 saturated carbocycles. The molecule has 0 heterocycles. The Morgan fingerprint density at radius 1 is 1.71 bits per heavy atom. The summed E-state index contributed by atoms with van der Waals surface area (Å²) in [4.78, 5) is 0. The quantitative estimate of drug-likeness (QED) is 0.571. The molecular formula is C5H12FN. The Bertz CT molecular complexity index is 37.1. The molecule has 1 nitrogen and oxygen atoms in total. The van der Waals surface area contributed by atoms with Crippen molar-refractivity contribution in [2.24, 2.45) is 5.73 Å². The van der Waals surface area contributed by atoms with E-state index >= 15 is 0 Å². The van der Waals surface area contributed by atoms with Crippen LogP contribution in [0.2, 0.25) is 0 Å². The molecule has 0 bridgehead atoms. The van der Waals surface area contributed by atoms with E-state index in [0.717, 1.165) is 6.42 Å². The average Bonchev–Trinajstić information content (AvgIpc) is 1.61. The third kappa shape index (κ3) is 5.89. The molecule has 44 valence electrons. The molecule has 2 heteroatoms. The lowest BCUT2D eigenvalue weighted by Gasteiger charge is -1.98. The van der Waals surface area contributed by atoms with Crippen molar-refractivity contribution in [3.63, 3.8) is 0 Å². The maximum Gasteiger partial charge on any atom is 0.0895 e. The fraction of sp³-hybridized carbons (Fsp3) is 1.00. The summed E-state index contributed by atoms with van der Waals surface area (Å²) < 4.78 is 11.3. The highest BCUT2D eigenvalue weighted by Crippen LogP contribution is 1.91. The van der Waals surface area contributed by atoms with Gasteiger partial charge in [0.15, 0.2) is 0 Å². The van der Waals surface area contributed by atoms with Gasteiger partial charge in [0.2, 0.25) is 0 Å². The summed E-state index contributed by atoms with van der Waals surface area (Å²) in [5.74, 6) is 0. The molecule has 0 radical (unpaired) electrons. The van der Waals surface area contributed by atoms with E-state index in [1.165, 1.54) is 0 Å². The Hall–Kier alpha value is -0.110. The minimum absolute atomic E-state index is 0.163. The first kappa shape index (κ1) is 6.89. The molecule has 7 heavy (non-hydrogen) atoms. The molecule has 0 aliphatic heterocycles. The van der Waals surface area contributed by atoms with E-state index in [0.29, 0.717) is 6.42 Å². The van der Waals surface area contributed by atoms with Gasteiger partial charge in [0.05, 0.1) is 6.67 Å². The summed E-state index contributed by atoms with van der Waals surface area (Å²) in [5, 5.41) is 0. The zero-order valence-corrected chi connectivity index (χ0v) is 4.65. The molecule has 0 aliphatic carbocycles. The second-order valence-electron chi connectivity index (χ2n) is 1.81. The fourth-order valence-corrected chi connectivity index (χ4v) is 0.399. The van der Waals surface area contributed by atoms with Crippen LogP contribution in [0.5, 0.6) is 0 Å². The molecule has 0 saturated heterocycles. The number of nitrogens with two attached hydrogens (primary N) is 1. The van der Waals surface area contributed by atoms with Crippen LogP contribution in [0, 0.1) is 0 Å². The molecule has 0 amide bonds. The molecule has 1 unspecified atom stereocenters. The van der Waals surface area contributed by atoms with Crippen LogP contribution in [0.4, 0.5) is 4.39 Å². The first-order chi connectivity index (χ1) is 3.27. The van der Waals surface area contributed by atoms with Gasteiger partial charge in [-0.15, -0.1) is 0 Å². The third-order valence-corrected chi connectivity index (χ3v) is 0.793. The molecule has 0 aromatic carbocycles. The van der Waals surface area contributed by atoms with Crippen molar-refractivity contribution in [3.8, 4) is 0 Å². The second-order valence-corrected chi connectivity index (χ2v) is 1.81. The third-order valence-electron chi connectivity index (χ3n) is 0.793. The van der Waals surface area contributed by atoms with Gasteiger partial charge in [-0.3, -0.25) is 4.39 Å². The lowest BCUT2D eigenvalue weighted by atomic mass is 10.2. The molecule has 0 aliphatic rings. The van der Waals surface area contributed by atoms with Crippen molar-refractivity contribution in [3.05, 3.63) is 0 Å². The van der Waals surface area contributed by atoms with Crippen molar-refractivity contribution in [1.82, 2.24) is 0 Å². The van der Waals surface area contributed by atoms with Crippen LogP contribution in [0.15, 0.2) is 0 Å². The highest BCUT2D eigenvalue weighted by atomic mass is 19.1. The van der Waals surface area contributed by atoms with Gasteiger partial charge in [-0.1, -0.05) is 0 Å². The van der Waals surface area contributed by atoms with Crippen LogP contribution in [0.25, 0.3) is 0 Å². The number of halogens is 1. The van der Waals surface area contributed by atoms with E-state index in [2.05, 4.69) is 0 Å². The number of hydrogen-bond donors (Lipinski definition) is 1. The number of alkyl halides is 1. The summed E-state index contributed by atoms with van der Waals surface area (Å²) in [5.41, 5.74) is 5.31. The van der Waals surface area contributed by atoms with Gasteiger partial charge in [-0.05, 0) is 19.8 Å². The summed E-state index contributed by atoms with van der Waals surface area (Å²) in [7, 11) is 0. The Balaban J connectivity index is 2.68. The molecule has 1 atom stereocenters. The van der Waals surface area contributed by atoms with Crippen LogP contribution < -0.4 is 5.73 Å². The van der Waals surface area contributed by atoms with Gasteiger partial charge in [0, 0.05) is 6.04 Å². The Morgan fingerprint density at radius 2 is 2.29 bits per heavy atom. The lowest BCUT2D eigenvalue weighted by Crippen LogP contribution is -2.14. The molecular weight excluding hydrogens is 93.1 g/mol. The zero-order valence-electron chi connectivity index (χ0n) is 4.65. The first-order valence-corrected chi connectivity index (χ1v) is 2.59. The van der Waals surface area contributed by atoms with E-state index in [9.17, 15) is 4.39 Å². The fourth-order valence-electron chi connectivity index (χ4n) is 0.399. The smallest absolute Gasteiger partial charge is 0.0895 e. The molecule has 2 N–H and O–H groups in total. The molecule has 0 aromatic heterocycles. The van der Waals surface area contributed by atoms with Gasteiger partial charge < -0.3 is 5.73 Å². The predicted molar refractivity (Wildman–Crippen MR) is 28.9 cm³/mol. The Labute approximate surface area is 43.7 Å². The van der Waals surface area contributed by atoms with Gasteiger partial charge in [-0.2, -0.15) is 0 Å². The SMILES string of the molecule is CC(N)CCCF. The minimum atomic E-state index is -0.235. The second kappa shape index (κ2) is 4.06. The maximum atomic E-state index is 11.3. The maximum absolute atomic E-state index is 11.3. The monoisotopic (exact) mass is 105 g/mol. The summed E-state index contributed by atoms with van der Waals surface area (Å²) in [6.07, 6.45) is 1.41. The van der Waals surface area contributed by atoms with E-state index in [4.69, 9.17) is 5.73 Å². The highest BCUT2D eigenvalue weighted by Gasteiger charge is 1.90. The summed E-state index contributed by atoms with van der Waals surface area (Å²) >= 11 is 0. The predicted octanol–water partition coefficient (Wildman–Crippen LogP) is 1.08. The lowest BCUT2D eigenvalue weighted by molar-refractivity contribution is 0.447. The van der Waals surface area contributed by atoms with Crippen LogP contribution in [0.1, 0.15) is 19.8 Å². The summed E-state index contributed by atoms with van der Waals surface area (Å²) in [6, 6.07) is 0.163. The van der Waals surface area contributed by atoms with Gasteiger partial charge >= 0.3 is 0 Å². The average molecular weight is 105 g/mol. The highest BCUT2D eigenvalue weighted by molar-refractivity contribution is 4.50. The zero-order chi connectivity index (χ0) is 5.70. The summed E-state index contributed by atoms with van der Waals surface area (Å²) in [6.45, 7) is 1.65. The van der Waals surface area contributed by atoms with E-state index in [1.54, 1.807) is 0 Å².